The van der Waals surface area contributed by atoms with Crippen LogP contribution in [0.5, 0.6) is 0 Å². The normalized spacial score (nSPS) is 24.6. The molecular formula is C20H42O5Si. The first-order valence-electron chi connectivity index (χ1n) is 10.5. The van der Waals surface area contributed by atoms with Crippen LogP contribution in [0.15, 0.2) is 0 Å². The zero-order valence-electron chi connectivity index (χ0n) is 17.8. The summed E-state index contributed by atoms with van der Waals surface area (Å²) in [6.45, 7) is 15.2. The number of aliphatic hydroxyl groups is 1. The van der Waals surface area contributed by atoms with E-state index >= 15 is 0 Å². The van der Waals surface area contributed by atoms with Crippen molar-refractivity contribution in [2.24, 2.45) is 17.8 Å². The molecule has 0 amide bonds. The zero-order valence-corrected chi connectivity index (χ0v) is 18.8. The van der Waals surface area contributed by atoms with E-state index in [1.807, 2.05) is 13.8 Å². The Morgan fingerprint density at radius 2 is 1.54 bits per heavy atom. The summed E-state index contributed by atoms with van der Waals surface area (Å²) < 4.78 is 24.3. The summed E-state index contributed by atoms with van der Waals surface area (Å²) in [5.41, 5.74) is 0. The third kappa shape index (κ3) is 8.80. The van der Waals surface area contributed by atoms with Gasteiger partial charge >= 0.3 is 8.80 Å². The SMILES string of the molecule is CCO[Si](CCC1CCC(O)C(OCC(C)C)C1)(OCC)OCC(C)C. The van der Waals surface area contributed by atoms with Gasteiger partial charge in [0.1, 0.15) is 0 Å². The van der Waals surface area contributed by atoms with Gasteiger partial charge in [0.05, 0.1) is 12.2 Å². The predicted octanol–water partition coefficient (Wildman–Crippen LogP) is 4.26. The Labute approximate surface area is 162 Å². The van der Waals surface area contributed by atoms with E-state index in [9.17, 15) is 5.11 Å². The van der Waals surface area contributed by atoms with E-state index in [0.29, 0.717) is 44.2 Å². The molecule has 1 rings (SSSR count). The molecule has 0 heterocycles. The first-order chi connectivity index (χ1) is 12.3. The van der Waals surface area contributed by atoms with Crippen LogP contribution >= 0.6 is 0 Å². The first kappa shape index (κ1) is 24.1. The van der Waals surface area contributed by atoms with Gasteiger partial charge in [-0.3, -0.25) is 0 Å². The summed E-state index contributed by atoms with van der Waals surface area (Å²) in [5.74, 6) is 1.48. The lowest BCUT2D eigenvalue weighted by molar-refractivity contribution is -0.0788. The molecular weight excluding hydrogens is 348 g/mol. The lowest BCUT2D eigenvalue weighted by Gasteiger charge is -2.35. The highest BCUT2D eigenvalue weighted by Crippen LogP contribution is 2.33. The van der Waals surface area contributed by atoms with Crippen LogP contribution in [0.25, 0.3) is 0 Å². The lowest BCUT2D eigenvalue weighted by atomic mass is 9.84. The van der Waals surface area contributed by atoms with Crippen LogP contribution in [-0.2, 0) is 18.0 Å². The first-order valence-corrected chi connectivity index (χ1v) is 12.5. The molecule has 0 aliphatic heterocycles. The summed E-state index contributed by atoms with van der Waals surface area (Å²) in [5, 5.41) is 10.3. The molecule has 0 aromatic heterocycles. The zero-order chi connectivity index (χ0) is 19.6. The molecule has 1 aliphatic rings. The number of hydrogen-bond acceptors (Lipinski definition) is 5. The van der Waals surface area contributed by atoms with Crippen LogP contribution in [0.3, 0.4) is 0 Å². The van der Waals surface area contributed by atoms with Gasteiger partial charge in [0.15, 0.2) is 0 Å². The maximum Gasteiger partial charge on any atom is 0.500 e. The van der Waals surface area contributed by atoms with Crippen LogP contribution in [-0.4, -0.2) is 52.5 Å². The smallest absolute Gasteiger partial charge is 0.390 e. The minimum Gasteiger partial charge on any atom is -0.390 e. The molecule has 3 atom stereocenters. The Kier molecular flexibility index (Phi) is 11.5. The fourth-order valence-corrected chi connectivity index (χ4v) is 6.32. The van der Waals surface area contributed by atoms with Gasteiger partial charge in [0, 0.05) is 32.5 Å². The molecule has 0 saturated heterocycles. The number of aliphatic hydroxyl groups excluding tert-OH is 1. The molecule has 5 nitrogen and oxygen atoms in total. The van der Waals surface area contributed by atoms with Crippen LogP contribution < -0.4 is 0 Å². The summed E-state index contributed by atoms with van der Waals surface area (Å²) in [4.78, 5) is 0. The summed E-state index contributed by atoms with van der Waals surface area (Å²) >= 11 is 0. The highest BCUT2D eigenvalue weighted by Gasteiger charge is 2.42. The Morgan fingerprint density at radius 3 is 2.08 bits per heavy atom. The molecule has 1 fully saturated rings. The molecule has 0 aromatic carbocycles. The molecule has 0 spiro atoms. The van der Waals surface area contributed by atoms with Crippen molar-refractivity contribution < 1.29 is 23.1 Å². The summed E-state index contributed by atoms with van der Waals surface area (Å²) in [6.07, 6.45) is 3.42. The van der Waals surface area contributed by atoms with Crippen LogP contribution in [0.4, 0.5) is 0 Å². The third-order valence-electron chi connectivity index (χ3n) is 4.73. The average molecular weight is 391 g/mol. The molecule has 1 N–H and O–H groups in total. The van der Waals surface area contributed by atoms with E-state index in [1.165, 1.54) is 0 Å². The Morgan fingerprint density at radius 1 is 0.923 bits per heavy atom. The monoisotopic (exact) mass is 390 g/mol. The molecule has 0 bridgehead atoms. The second-order valence-electron chi connectivity index (χ2n) is 8.30. The van der Waals surface area contributed by atoms with Gasteiger partial charge in [-0.25, -0.2) is 0 Å². The average Bonchev–Trinajstić information content (AvgIpc) is 2.58. The molecule has 3 unspecified atom stereocenters. The van der Waals surface area contributed by atoms with E-state index in [-0.39, 0.29) is 12.2 Å². The van der Waals surface area contributed by atoms with Crippen molar-refractivity contribution >= 4 is 8.80 Å². The highest BCUT2D eigenvalue weighted by molar-refractivity contribution is 6.60. The van der Waals surface area contributed by atoms with Crippen molar-refractivity contribution in [3.05, 3.63) is 0 Å². The lowest BCUT2D eigenvalue weighted by Crippen LogP contribution is -2.47. The fraction of sp³-hybridized carbons (Fsp3) is 1.00. The topological polar surface area (TPSA) is 57.2 Å². The molecule has 6 heteroatoms. The van der Waals surface area contributed by atoms with Gasteiger partial charge in [-0.15, -0.1) is 0 Å². The predicted molar refractivity (Wildman–Crippen MR) is 107 cm³/mol. The van der Waals surface area contributed by atoms with Crippen molar-refractivity contribution in [1.29, 1.82) is 0 Å². The maximum absolute atomic E-state index is 10.3. The summed E-state index contributed by atoms with van der Waals surface area (Å²) in [7, 11) is -2.62. The largest absolute Gasteiger partial charge is 0.500 e. The van der Waals surface area contributed by atoms with Crippen molar-refractivity contribution in [3.63, 3.8) is 0 Å². The van der Waals surface area contributed by atoms with E-state index in [2.05, 4.69) is 27.7 Å². The molecule has 0 aromatic rings. The van der Waals surface area contributed by atoms with Crippen LogP contribution in [0, 0.1) is 17.8 Å². The van der Waals surface area contributed by atoms with E-state index < -0.39 is 8.80 Å². The van der Waals surface area contributed by atoms with Crippen molar-refractivity contribution in [2.45, 2.75) is 85.5 Å². The molecule has 1 aliphatic carbocycles. The van der Waals surface area contributed by atoms with Crippen LogP contribution in [0.2, 0.25) is 6.04 Å². The van der Waals surface area contributed by atoms with E-state index in [0.717, 1.165) is 31.7 Å². The minimum absolute atomic E-state index is 0.0389. The van der Waals surface area contributed by atoms with E-state index in [4.69, 9.17) is 18.0 Å². The Bertz CT molecular complexity index is 358. The molecule has 1 saturated carbocycles. The Hall–Kier alpha value is 0.0169. The quantitative estimate of drug-likeness (QED) is 0.476. The van der Waals surface area contributed by atoms with Gasteiger partial charge < -0.3 is 23.1 Å². The number of rotatable bonds is 13. The second-order valence-corrected chi connectivity index (χ2v) is 11.0. The maximum atomic E-state index is 10.3. The second kappa shape index (κ2) is 12.5. The fourth-order valence-electron chi connectivity index (χ4n) is 3.41. The standard InChI is InChI=1S/C20H42O5Si/c1-7-23-26(24-8-2,25-15-17(5)6)12-11-18-9-10-19(21)20(13-18)22-14-16(3)4/h16-21H,7-15H2,1-6H3. The van der Waals surface area contributed by atoms with Gasteiger partial charge in [-0.2, -0.15) is 0 Å². The highest BCUT2D eigenvalue weighted by atomic mass is 28.4. The van der Waals surface area contributed by atoms with E-state index in [1.54, 1.807) is 0 Å². The summed E-state index contributed by atoms with van der Waals surface area (Å²) in [6, 6.07) is 0.846. The number of hydrogen-bond donors (Lipinski definition) is 1. The number of ether oxygens (including phenoxy) is 1. The van der Waals surface area contributed by atoms with Crippen LogP contribution in [0.1, 0.15) is 67.2 Å². The van der Waals surface area contributed by atoms with Crippen molar-refractivity contribution in [2.75, 3.05) is 26.4 Å². The van der Waals surface area contributed by atoms with Gasteiger partial charge in [0.2, 0.25) is 0 Å². The van der Waals surface area contributed by atoms with Crippen molar-refractivity contribution in [3.8, 4) is 0 Å². The third-order valence-corrected chi connectivity index (χ3v) is 7.70. The Balaban J connectivity index is 2.61. The van der Waals surface area contributed by atoms with Gasteiger partial charge in [-0.1, -0.05) is 27.7 Å². The van der Waals surface area contributed by atoms with Gasteiger partial charge in [0.25, 0.3) is 0 Å². The molecule has 0 radical (unpaired) electrons. The molecule has 26 heavy (non-hydrogen) atoms. The molecule has 156 valence electrons. The minimum atomic E-state index is -2.62. The van der Waals surface area contributed by atoms with Gasteiger partial charge in [-0.05, 0) is 57.3 Å². The van der Waals surface area contributed by atoms with Crippen molar-refractivity contribution in [1.82, 2.24) is 0 Å².